The fraction of sp³-hybridized carbons (Fsp3) is 0.467. The molecular weight excluding hydrogens is 274 g/mol. The predicted octanol–water partition coefficient (Wildman–Crippen LogP) is 1.50. The molecule has 0 unspecified atom stereocenters. The number of carbonyl (C=O) groups excluding carboxylic acids is 1. The molecule has 0 bridgehead atoms. The molecule has 2 heterocycles. The van der Waals surface area contributed by atoms with Crippen molar-refractivity contribution < 1.29 is 24.2 Å². The maximum absolute atomic E-state index is 12.0. The number of likely N-dealkylation sites (tertiary alicyclic amines) is 1. The number of fused-ring (bicyclic) bond motifs is 1. The Bertz CT molecular complexity index is 518. The van der Waals surface area contributed by atoms with E-state index in [4.69, 9.17) is 14.6 Å². The third-order valence-electron chi connectivity index (χ3n) is 3.98. The van der Waals surface area contributed by atoms with E-state index in [0.717, 1.165) is 5.56 Å². The third-order valence-corrected chi connectivity index (χ3v) is 3.98. The first kappa shape index (κ1) is 13.9. The second kappa shape index (κ2) is 5.73. The summed E-state index contributed by atoms with van der Waals surface area (Å²) in [5.41, 5.74) is 0.937. The van der Waals surface area contributed by atoms with E-state index in [1.807, 2.05) is 30.3 Å². The Hall–Kier alpha value is -2.08. The number of benzene rings is 1. The molecule has 6 nitrogen and oxygen atoms in total. The largest absolute Gasteiger partial charge is 0.479 e. The zero-order valence-corrected chi connectivity index (χ0v) is 11.5. The number of aliphatic carboxylic acids is 1. The van der Waals surface area contributed by atoms with Crippen LogP contribution in [-0.4, -0.2) is 47.4 Å². The van der Waals surface area contributed by atoms with Gasteiger partial charge in [-0.2, -0.15) is 0 Å². The molecule has 2 saturated heterocycles. The molecule has 0 spiro atoms. The summed E-state index contributed by atoms with van der Waals surface area (Å²) in [7, 11) is 0. The molecule has 0 radical (unpaired) electrons. The van der Waals surface area contributed by atoms with E-state index in [0.29, 0.717) is 19.5 Å². The minimum absolute atomic E-state index is 0.0929. The molecule has 0 aromatic heterocycles. The van der Waals surface area contributed by atoms with Crippen LogP contribution >= 0.6 is 0 Å². The molecule has 0 aliphatic carbocycles. The number of hydrogen-bond donors (Lipinski definition) is 1. The summed E-state index contributed by atoms with van der Waals surface area (Å²) in [5.74, 6) is -0.835. The van der Waals surface area contributed by atoms with Gasteiger partial charge in [0.05, 0.1) is 12.6 Å². The minimum Gasteiger partial charge on any atom is -0.479 e. The van der Waals surface area contributed by atoms with Crippen molar-refractivity contribution >= 4 is 12.1 Å². The summed E-state index contributed by atoms with van der Waals surface area (Å²) in [6.45, 7) is 1.15. The van der Waals surface area contributed by atoms with Crippen molar-refractivity contribution in [3.05, 3.63) is 35.9 Å². The number of hydrogen-bond acceptors (Lipinski definition) is 4. The van der Waals surface area contributed by atoms with Crippen molar-refractivity contribution in [2.75, 3.05) is 13.1 Å². The van der Waals surface area contributed by atoms with Gasteiger partial charge in [-0.25, -0.2) is 9.59 Å². The number of carboxylic acids is 1. The summed E-state index contributed by atoms with van der Waals surface area (Å²) in [4.78, 5) is 24.5. The Morgan fingerprint density at radius 3 is 2.71 bits per heavy atom. The van der Waals surface area contributed by atoms with E-state index >= 15 is 0 Å². The number of rotatable bonds is 3. The first-order valence-electron chi connectivity index (χ1n) is 6.97. The molecule has 112 valence electrons. The molecule has 6 heteroatoms. The average Bonchev–Trinajstić information content (AvgIpc) is 3.04. The number of amides is 1. The van der Waals surface area contributed by atoms with E-state index in [1.165, 1.54) is 0 Å². The van der Waals surface area contributed by atoms with Gasteiger partial charge in [0.1, 0.15) is 6.61 Å². The Kier molecular flexibility index (Phi) is 3.79. The van der Waals surface area contributed by atoms with E-state index in [2.05, 4.69) is 0 Å². The van der Waals surface area contributed by atoms with Gasteiger partial charge in [-0.1, -0.05) is 30.3 Å². The predicted molar refractivity (Wildman–Crippen MR) is 72.6 cm³/mol. The molecule has 2 aliphatic rings. The molecule has 21 heavy (non-hydrogen) atoms. The topological polar surface area (TPSA) is 76.1 Å². The first-order chi connectivity index (χ1) is 10.1. The van der Waals surface area contributed by atoms with Crippen LogP contribution < -0.4 is 0 Å². The lowest BCUT2D eigenvalue weighted by Gasteiger charge is -2.18. The van der Waals surface area contributed by atoms with Gasteiger partial charge >= 0.3 is 12.1 Å². The summed E-state index contributed by atoms with van der Waals surface area (Å²) in [6, 6.07) is 9.48. The van der Waals surface area contributed by atoms with Crippen LogP contribution in [0.25, 0.3) is 0 Å². The van der Waals surface area contributed by atoms with Crippen LogP contribution in [-0.2, 0) is 20.9 Å². The Labute approximate surface area is 122 Å². The van der Waals surface area contributed by atoms with Crippen molar-refractivity contribution in [3.63, 3.8) is 0 Å². The van der Waals surface area contributed by atoms with Crippen LogP contribution in [0.5, 0.6) is 0 Å². The van der Waals surface area contributed by atoms with Gasteiger partial charge in [0.15, 0.2) is 6.10 Å². The fourth-order valence-corrected chi connectivity index (χ4v) is 2.88. The van der Waals surface area contributed by atoms with Gasteiger partial charge in [-0.15, -0.1) is 0 Å². The number of ether oxygens (including phenoxy) is 2. The lowest BCUT2D eigenvalue weighted by atomic mass is 10.0. The quantitative estimate of drug-likeness (QED) is 0.913. The molecule has 2 fully saturated rings. The smallest absolute Gasteiger partial charge is 0.410 e. The van der Waals surface area contributed by atoms with E-state index in [-0.39, 0.29) is 24.7 Å². The monoisotopic (exact) mass is 291 g/mol. The van der Waals surface area contributed by atoms with Crippen LogP contribution in [0, 0.1) is 5.92 Å². The zero-order valence-electron chi connectivity index (χ0n) is 11.5. The molecule has 2 aliphatic heterocycles. The van der Waals surface area contributed by atoms with Crippen molar-refractivity contribution in [1.82, 2.24) is 4.90 Å². The van der Waals surface area contributed by atoms with E-state index < -0.39 is 12.1 Å². The van der Waals surface area contributed by atoms with Gasteiger partial charge < -0.3 is 19.5 Å². The normalized spacial score (nSPS) is 27.4. The number of carboxylic acid groups (broad SMARTS) is 1. The summed E-state index contributed by atoms with van der Waals surface area (Å²) in [6.07, 6.45) is -0.829. The van der Waals surface area contributed by atoms with Gasteiger partial charge in [-0.3, -0.25) is 0 Å². The van der Waals surface area contributed by atoms with Gasteiger partial charge in [0.25, 0.3) is 0 Å². The minimum atomic E-state index is -0.928. The number of carbonyl (C=O) groups is 2. The molecule has 1 amide bonds. The average molecular weight is 291 g/mol. The van der Waals surface area contributed by atoms with Crippen LogP contribution in [0.4, 0.5) is 4.79 Å². The van der Waals surface area contributed by atoms with Crippen molar-refractivity contribution in [2.45, 2.75) is 25.2 Å². The van der Waals surface area contributed by atoms with Crippen molar-refractivity contribution in [3.8, 4) is 0 Å². The summed E-state index contributed by atoms with van der Waals surface area (Å²) >= 11 is 0. The van der Waals surface area contributed by atoms with Crippen molar-refractivity contribution in [1.29, 1.82) is 0 Å². The van der Waals surface area contributed by atoms with Crippen LogP contribution in [0.1, 0.15) is 12.0 Å². The second-order valence-corrected chi connectivity index (χ2v) is 5.44. The first-order valence-corrected chi connectivity index (χ1v) is 6.97. The van der Waals surface area contributed by atoms with Gasteiger partial charge in [-0.05, 0) is 12.0 Å². The summed E-state index contributed by atoms with van der Waals surface area (Å²) < 4.78 is 10.7. The van der Waals surface area contributed by atoms with Crippen molar-refractivity contribution in [2.24, 2.45) is 5.92 Å². The van der Waals surface area contributed by atoms with Gasteiger partial charge in [0.2, 0.25) is 0 Å². The zero-order chi connectivity index (χ0) is 14.8. The lowest BCUT2D eigenvalue weighted by Crippen LogP contribution is -2.33. The fourth-order valence-electron chi connectivity index (χ4n) is 2.88. The molecule has 3 atom stereocenters. The molecule has 1 aromatic rings. The molecule has 1 aromatic carbocycles. The highest BCUT2D eigenvalue weighted by Crippen LogP contribution is 2.33. The highest BCUT2D eigenvalue weighted by Gasteiger charge is 2.46. The Morgan fingerprint density at radius 1 is 1.29 bits per heavy atom. The Morgan fingerprint density at radius 2 is 2.05 bits per heavy atom. The Balaban J connectivity index is 1.49. The third kappa shape index (κ3) is 3.00. The SMILES string of the molecule is O=C(O)[C@@H]1C[C@H]2CN(C(=O)OCc3ccccc3)C[C@H]2O1. The van der Waals surface area contributed by atoms with E-state index in [9.17, 15) is 9.59 Å². The second-order valence-electron chi connectivity index (χ2n) is 5.44. The maximum Gasteiger partial charge on any atom is 0.410 e. The molecule has 3 rings (SSSR count). The molecular formula is C15H17NO5. The van der Waals surface area contributed by atoms with Gasteiger partial charge in [0, 0.05) is 12.5 Å². The number of nitrogens with zero attached hydrogens (tertiary/aromatic N) is 1. The standard InChI is InChI=1S/C15H17NO5/c17-14(18)12-6-11-7-16(8-13(11)21-12)15(19)20-9-10-4-2-1-3-5-10/h1-5,11-13H,6-9H2,(H,17,18)/t11-,12-,13+/m0/s1. The summed E-state index contributed by atoms with van der Waals surface area (Å²) in [5, 5.41) is 8.92. The molecule has 0 saturated carbocycles. The van der Waals surface area contributed by atoms with Crippen LogP contribution in [0.2, 0.25) is 0 Å². The molecule has 1 N–H and O–H groups in total. The lowest BCUT2D eigenvalue weighted by molar-refractivity contribution is -0.149. The van der Waals surface area contributed by atoms with Crippen LogP contribution in [0.15, 0.2) is 30.3 Å². The highest BCUT2D eigenvalue weighted by atomic mass is 16.6. The van der Waals surface area contributed by atoms with Crippen LogP contribution in [0.3, 0.4) is 0 Å². The highest BCUT2D eigenvalue weighted by molar-refractivity contribution is 5.73. The maximum atomic E-state index is 12.0. The van der Waals surface area contributed by atoms with E-state index in [1.54, 1.807) is 4.90 Å².